The number of ether oxygens (including phenoxy) is 1. The molecule has 26 heavy (non-hydrogen) atoms. The second-order valence-electron chi connectivity index (χ2n) is 6.26. The van der Waals surface area contributed by atoms with Gasteiger partial charge in [-0.15, -0.1) is 0 Å². The molecule has 0 radical (unpaired) electrons. The lowest BCUT2D eigenvalue weighted by atomic mass is 9.95. The molecule has 0 bridgehead atoms. The van der Waals surface area contributed by atoms with Gasteiger partial charge in [-0.05, 0) is 12.5 Å². The van der Waals surface area contributed by atoms with Crippen LogP contribution < -0.4 is 0 Å². The van der Waals surface area contributed by atoms with E-state index in [4.69, 9.17) is 4.74 Å². The Morgan fingerprint density at radius 2 is 1.73 bits per heavy atom. The van der Waals surface area contributed by atoms with E-state index in [9.17, 15) is 14.7 Å². The Hall–Kier alpha value is -2.92. The van der Waals surface area contributed by atoms with Gasteiger partial charge in [0, 0.05) is 19.2 Å². The highest BCUT2D eigenvalue weighted by Gasteiger charge is 2.45. The lowest BCUT2D eigenvalue weighted by Gasteiger charge is -2.25. The molecule has 2 aromatic rings. The standard InChI is InChI=1S/C21H21NO4/c1-14-8-10-16(11-9-14)19(23)17-18(15-6-4-3-5-7-15)22(12-13-26-2)21(25)20(17)24/h3-11,18,23H,12-13H2,1-2H3. The highest BCUT2D eigenvalue weighted by atomic mass is 16.5. The van der Waals surface area contributed by atoms with Crippen molar-refractivity contribution in [3.8, 4) is 0 Å². The van der Waals surface area contributed by atoms with E-state index < -0.39 is 17.7 Å². The number of carbonyl (C=O) groups is 2. The Labute approximate surface area is 152 Å². The summed E-state index contributed by atoms with van der Waals surface area (Å²) in [5.41, 5.74) is 2.44. The monoisotopic (exact) mass is 351 g/mol. The first-order valence-corrected chi connectivity index (χ1v) is 8.44. The van der Waals surface area contributed by atoms with Crippen LogP contribution >= 0.6 is 0 Å². The van der Waals surface area contributed by atoms with Gasteiger partial charge in [-0.1, -0.05) is 60.2 Å². The lowest BCUT2D eigenvalue weighted by Crippen LogP contribution is -2.32. The predicted octanol–water partition coefficient (Wildman–Crippen LogP) is 3.06. The van der Waals surface area contributed by atoms with Gasteiger partial charge in [-0.25, -0.2) is 0 Å². The molecule has 1 heterocycles. The van der Waals surface area contributed by atoms with Crippen LogP contribution in [-0.2, 0) is 14.3 Å². The number of carbonyl (C=O) groups excluding carboxylic acids is 2. The van der Waals surface area contributed by atoms with Gasteiger partial charge in [0.1, 0.15) is 5.76 Å². The number of benzene rings is 2. The summed E-state index contributed by atoms with van der Waals surface area (Å²) in [4.78, 5) is 26.7. The molecule has 1 aliphatic rings. The lowest BCUT2D eigenvalue weighted by molar-refractivity contribution is -0.140. The summed E-state index contributed by atoms with van der Waals surface area (Å²) in [6.45, 7) is 2.52. The number of aryl methyl sites for hydroxylation is 1. The number of aliphatic hydroxyl groups excluding tert-OH is 1. The van der Waals surface area contributed by atoms with Crippen LogP contribution in [0.3, 0.4) is 0 Å². The molecule has 134 valence electrons. The molecule has 0 spiro atoms. The van der Waals surface area contributed by atoms with Crippen LogP contribution in [-0.4, -0.2) is 42.0 Å². The number of hydrogen-bond donors (Lipinski definition) is 1. The Kier molecular flexibility index (Phi) is 5.19. The molecular formula is C21H21NO4. The SMILES string of the molecule is COCCN1C(=O)C(=O)C(=C(O)c2ccc(C)cc2)C1c1ccccc1. The van der Waals surface area contributed by atoms with E-state index in [0.29, 0.717) is 12.2 Å². The number of hydrogen-bond acceptors (Lipinski definition) is 4. The fourth-order valence-corrected chi connectivity index (χ4v) is 3.15. The Balaban J connectivity index is 2.14. The maximum absolute atomic E-state index is 12.7. The number of nitrogens with zero attached hydrogens (tertiary/aromatic N) is 1. The third-order valence-corrected chi connectivity index (χ3v) is 4.52. The predicted molar refractivity (Wildman–Crippen MR) is 98.5 cm³/mol. The second kappa shape index (κ2) is 7.54. The molecule has 0 aromatic heterocycles. The van der Waals surface area contributed by atoms with Crippen LogP contribution in [0.1, 0.15) is 22.7 Å². The summed E-state index contributed by atoms with van der Waals surface area (Å²) < 4.78 is 5.08. The zero-order valence-electron chi connectivity index (χ0n) is 14.8. The third-order valence-electron chi connectivity index (χ3n) is 4.52. The molecule has 0 aliphatic carbocycles. The van der Waals surface area contributed by atoms with Crippen molar-refractivity contribution in [3.63, 3.8) is 0 Å². The number of likely N-dealkylation sites (tertiary alicyclic amines) is 1. The molecular weight excluding hydrogens is 330 g/mol. The summed E-state index contributed by atoms with van der Waals surface area (Å²) in [5.74, 6) is -1.45. The summed E-state index contributed by atoms with van der Waals surface area (Å²) in [6.07, 6.45) is 0. The van der Waals surface area contributed by atoms with E-state index in [1.54, 1.807) is 19.2 Å². The molecule has 1 N–H and O–H groups in total. The van der Waals surface area contributed by atoms with Gasteiger partial charge in [-0.2, -0.15) is 0 Å². The Morgan fingerprint density at radius 3 is 2.35 bits per heavy atom. The number of rotatable bonds is 5. The molecule has 5 nitrogen and oxygen atoms in total. The average molecular weight is 351 g/mol. The number of methoxy groups -OCH3 is 1. The minimum absolute atomic E-state index is 0.112. The van der Waals surface area contributed by atoms with Gasteiger partial charge in [0.15, 0.2) is 0 Å². The van der Waals surface area contributed by atoms with Gasteiger partial charge < -0.3 is 14.7 Å². The fourth-order valence-electron chi connectivity index (χ4n) is 3.15. The first kappa shape index (κ1) is 17.9. The van der Waals surface area contributed by atoms with Crippen molar-refractivity contribution >= 4 is 17.4 Å². The molecule has 1 saturated heterocycles. The number of aliphatic hydroxyl groups is 1. The smallest absolute Gasteiger partial charge is 0.295 e. The van der Waals surface area contributed by atoms with Crippen LogP contribution in [0.15, 0.2) is 60.2 Å². The van der Waals surface area contributed by atoms with Crippen molar-refractivity contribution in [2.45, 2.75) is 13.0 Å². The highest BCUT2D eigenvalue weighted by molar-refractivity contribution is 6.46. The van der Waals surface area contributed by atoms with Gasteiger partial charge >= 0.3 is 0 Å². The van der Waals surface area contributed by atoms with Crippen LogP contribution in [0, 0.1) is 6.92 Å². The molecule has 0 saturated carbocycles. The van der Waals surface area contributed by atoms with E-state index >= 15 is 0 Å². The highest BCUT2D eigenvalue weighted by Crippen LogP contribution is 2.39. The van der Waals surface area contributed by atoms with Gasteiger partial charge in [0.05, 0.1) is 18.2 Å². The van der Waals surface area contributed by atoms with Crippen molar-refractivity contribution in [3.05, 3.63) is 76.9 Å². The minimum atomic E-state index is -0.673. The van der Waals surface area contributed by atoms with Crippen molar-refractivity contribution in [1.29, 1.82) is 0 Å². The van der Waals surface area contributed by atoms with Crippen LogP contribution in [0.4, 0.5) is 0 Å². The van der Waals surface area contributed by atoms with Crippen LogP contribution in [0.5, 0.6) is 0 Å². The van der Waals surface area contributed by atoms with E-state index in [-0.39, 0.29) is 17.9 Å². The zero-order valence-corrected chi connectivity index (χ0v) is 14.8. The molecule has 1 aliphatic heterocycles. The molecule has 2 aromatic carbocycles. The van der Waals surface area contributed by atoms with Gasteiger partial charge in [0.2, 0.25) is 0 Å². The first-order valence-electron chi connectivity index (χ1n) is 8.44. The molecule has 3 rings (SSSR count). The molecule has 5 heteroatoms. The Bertz CT molecular complexity index is 840. The largest absolute Gasteiger partial charge is 0.507 e. The molecule has 1 amide bonds. The van der Waals surface area contributed by atoms with Crippen molar-refractivity contribution in [1.82, 2.24) is 4.90 Å². The van der Waals surface area contributed by atoms with Gasteiger partial charge in [0.25, 0.3) is 11.7 Å². The van der Waals surface area contributed by atoms with Crippen molar-refractivity contribution in [2.75, 3.05) is 20.3 Å². The minimum Gasteiger partial charge on any atom is -0.507 e. The molecule has 1 unspecified atom stereocenters. The van der Waals surface area contributed by atoms with E-state index in [1.807, 2.05) is 49.4 Å². The summed E-state index contributed by atoms with van der Waals surface area (Å²) in [7, 11) is 1.54. The average Bonchev–Trinajstić information content (AvgIpc) is 2.91. The number of amides is 1. The molecule has 1 atom stereocenters. The van der Waals surface area contributed by atoms with E-state index in [0.717, 1.165) is 11.1 Å². The maximum atomic E-state index is 12.7. The van der Waals surface area contributed by atoms with E-state index in [1.165, 1.54) is 4.90 Å². The fraction of sp³-hybridized carbons (Fsp3) is 0.238. The number of ketones is 1. The van der Waals surface area contributed by atoms with Crippen LogP contribution in [0.25, 0.3) is 5.76 Å². The third kappa shape index (κ3) is 3.26. The van der Waals surface area contributed by atoms with Crippen molar-refractivity contribution in [2.24, 2.45) is 0 Å². The molecule has 1 fully saturated rings. The zero-order chi connectivity index (χ0) is 18.7. The maximum Gasteiger partial charge on any atom is 0.295 e. The summed E-state index contributed by atoms with van der Waals surface area (Å²) in [6, 6.07) is 15.8. The topological polar surface area (TPSA) is 66.8 Å². The number of Topliss-reactive ketones (excluding diaryl/α,β-unsaturated/α-hetero) is 1. The Morgan fingerprint density at radius 1 is 1.08 bits per heavy atom. The van der Waals surface area contributed by atoms with Gasteiger partial charge in [-0.3, -0.25) is 9.59 Å². The van der Waals surface area contributed by atoms with Crippen LogP contribution in [0.2, 0.25) is 0 Å². The van der Waals surface area contributed by atoms with Crippen molar-refractivity contribution < 1.29 is 19.4 Å². The van der Waals surface area contributed by atoms with E-state index in [2.05, 4.69) is 0 Å². The normalized spacial score (nSPS) is 19.2. The first-order chi connectivity index (χ1) is 12.5. The summed E-state index contributed by atoms with van der Waals surface area (Å²) in [5, 5.41) is 10.8. The second-order valence-corrected chi connectivity index (χ2v) is 6.26. The quantitative estimate of drug-likeness (QED) is 0.511. The summed E-state index contributed by atoms with van der Waals surface area (Å²) >= 11 is 0.